The SMILES string of the molecule is COc1cccc(COc2ccc(CCCN3CCOCC3)cc2)c1. The van der Waals surface area contributed by atoms with Crippen molar-refractivity contribution in [3.63, 3.8) is 0 Å². The van der Waals surface area contributed by atoms with E-state index in [2.05, 4.69) is 29.2 Å². The fourth-order valence-electron chi connectivity index (χ4n) is 3.01. The lowest BCUT2D eigenvalue weighted by Gasteiger charge is -2.26. The minimum absolute atomic E-state index is 0.549. The van der Waals surface area contributed by atoms with E-state index in [-0.39, 0.29) is 0 Å². The van der Waals surface area contributed by atoms with Crippen LogP contribution in [-0.4, -0.2) is 44.9 Å². The predicted molar refractivity (Wildman–Crippen MR) is 99.3 cm³/mol. The second kappa shape index (κ2) is 9.44. The zero-order valence-corrected chi connectivity index (χ0v) is 14.9. The van der Waals surface area contributed by atoms with Gasteiger partial charge in [-0.05, 0) is 54.8 Å². The first-order chi connectivity index (χ1) is 12.3. The van der Waals surface area contributed by atoms with Gasteiger partial charge in [-0.15, -0.1) is 0 Å². The minimum Gasteiger partial charge on any atom is -0.497 e. The predicted octanol–water partition coefficient (Wildman–Crippen LogP) is 3.54. The second-order valence-electron chi connectivity index (χ2n) is 6.34. The highest BCUT2D eigenvalue weighted by Gasteiger charge is 2.09. The van der Waals surface area contributed by atoms with Crippen LogP contribution in [-0.2, 0) is 17.8 Å². The van der Waals surface area contributed by atoms with Crippen molar-refractivity contribution in [3.05, 3.63) is 59.7 Å². The van der Waals surface area contributed by atoms with Crippen molar-refractivity contribution in [1.82, 2.24) is 4.90 Å². The number of morpholine rings is 1. The number of rotatable bonds is 8. The van der Waals surface area contributed by atoms with Gasteiger partial charge in [-0.25, -0.2) is 0 Å². The Hall–Kier alpha value is -2.04. The number of benzene rings is 2. The highest BCUT2D eigenvalue weighted by atomic mass is 16.5. The van der Waals surface area contributed by atoms with E-state index in [1.807, 2.05) is 24.3 Å². The van der Waals surface area contributed by atoms with Gasteiger partial charge in [0.15, 0.2) is 0 Å². The highest BCUT2D eigenvalue weighted by Crippen LogP contribution is 2.17. The molecule has 0 saturated carbocycles. The van der Waals surface area contributed by atoms with Crippen LogP contribution in [0.25, 0.3) is 0 Å². The number of nitrogens with zero attached hydrogens (tertiary/aromatic N) is 1. The van der Waals surface area contributed by atoms with Gasteiger partial charge in [0.2, 0.25) is 0 Å². The first-order valence-electron chi connectivity index (χ1n) is 8.98. The van der Waals surface area contributed by atoms with Gasteiger partial charge >= 0.3 is 0 Å². The van der Waals surface area contributed by atoms with E-state index in [1.165, 1.54) is 12.0 Å². The normalized spacial score (nSPS) is 15.1. The number of methoxy groups -OCH3 is 1. The molecule has 1 saturated heterocycles. The molecule has 25 heavy (non-hydrogen) atoms. The molecule has 0 aromatic heterocycles. The fraction of sp³-hybridized carbons (Fsp3) is 0.429. The van der Waals surface area contributed by atoms with Crippen LogP contribution in [0.3, 0.4) is 0 Å². The van der Waals surface area contributed by atoms with Gasteiger partial charge in [-0.2, -0.15) is 0 Å². The summed E-state index contributed by atoms with van der Waals surface area (Å²) in [7, 11) is 1.68. The fourth-order valence-corrected chi connectivity index (χ4v) is 3.01. The number of hydrogen-bond donors (Lipinski definition) is 0. The molecule has 2 aromatic carbocycles. The largest absolute Gasteiger partial charge is 0.497 e. The van der Waals surface area contributed by atoms with E-state index in [9.17, 15) is 0 Å². The molecule has 134 valence electrons. The topological polar surface area (TPSA) is 30.9 Å². The quantitative estimate of drug-likeness (QED) is 0.735. The molecular weight excluding hydrogens is 314 g/mol. The molecule has 4 nitrogen and oxygen atoms in total. The summed E-state index contributed by atoms with van der Waals surface area (Å²) in [5, 5.41) is 0. The molecule has 4 heteroatoms. The maximum Gasteiger partial charge on any atom is 0.119 e. The van der Waals surface area contributed by atoms with Crippen molar-refractivity contribution in [2.24, 2.45) is 0 Å². The summed E-state index contributed by atoms with van der Waals surface area (Å²) in [5.41, 5.74) is 2.47. The van der Waals surface area contributed by atoms with Gasteiger partial charge in [-0.3, -0.25) is 4.90 Å². The Labute approximate surface area is 150 Å². The van der Waals surface area contributed by atoms with Crippen molar-refractivity contribution in [2.75, 3.05) is 40.0 Å². The van der Waals surface area contributed by atoms with Gasteiger partial charge in [0.05, 0.1) is 20.3 Å². The Balaban J connectivity index is 1.42. The van der Waals surface area contributed by atoms with Gasteiger partial charge in [0.1, 0.15) is 18.1 Å². The maximum atomic E-state index is 5.87. The summed E-state index contributed by atoms with van der Waals surface area (Å²) in [6.07, 6.45) is 2.29. The molecule has 1 heterocycles. The number of hydrogen-bond acceptors (Lipinski definition) is 4. The van der Waals surface area contributed by atoms with Crippen LogP contribution in [0.15, 0.2) is 48.5 Å². The molecule has 0 amide bonds. The first kappa shape index (κ1) is 17.8. The van der Waals surface area contributed by atoms with E-state index >= 15 is 0 Å². The summed E-state index contributed by atoms with van der Waals surface area (Å²) in [5.74, 6) is 1.76. The lowest BCUT2D eigenvalue weighted by atomic mass is 10.1. The zero-order valence-electron chi connectivity index (χ0n) is 14.9. The molecule has 3 rings (SSSR count). The van der Waals surface area contributed by atoms with Crippen molar-refractivity contribution in [3.8, 4) is 11.5 Å². The second-order valence-corrected chi connectivity index (χ2v) is 6.34. The van der Waals surface area contributed by atoms with E-state index in [4.69, 9.17) is 14.2 Å². The van der Waals surface area contributed by atoms with Crippen LogP contribution >= 0.6 is 0 Å². The summed E-state index contributed by atoms with van der Waals surface area (Å²) in [6.45, 7) is 5.58. The van der Waals surface area contributed by atoms with Crippen LogP contribution in [0.1, 0.15) is 17.5 Å². The Bertz CT molecular complexity index is 636. The molecule has 1 aliphatic rings. The summed E-state index contributed by atoms with van der Waals surface area (Å²) in [4.78, 5) is 2.48. The lowest BCUT2D eigenvalue weighted by Crippen LogP contribution is -2.36. The van der Waals surface area contributed by atoms with E-state index in [0.29, 0.717) is 6.61 Å². The average molecular weight is 341 g/mol. The van der Waals surface area contributed by atoms with Crippen molar-refractivity contribution < 1.29 is 14.2 Å². The first-order valence-corrected chi connectivity index (χ1v) is 8.98. The molecule has 0 unspecified atom stereocenters. The lowest BCUT2D eigenvalue weighted by molar-refractivity contribution is 0.0374. The van der Waals surface area contributed by atoms with Crippen LogP contribution in [0, 0.1) is 0 Å². The molecule has 0 atom stereocenters. The Kier molecular flexibility index (Phi) is 6.71. The Morgan fingerprint density at radius 1 is 0.960 bits per heavy atom. The maximum absolute atomic E-state index is 5.87. The summed E-state index contributed by atoms with van der Waals surface area (Å²) < 4.78 is 16.5. The Morgan fingerprint density at radius 3 is 2.52 bits per heavy atom. The molecule has 0 N–H and O–H groups in total. The molecule has 0 aliphatic carbocycles. The van der Waals surface area contributed by atoms with Gasteiger partial charge in [-0.1, -0.05) is 24.3 Å². The third-order valence-corrected chi connectivity index (χ3v) is 4.51. The zero-order chi connectivity index (χ0) is 17.3. The monoisotopic (exact) mass is 341 g/mol. The third kappa shape index (κ3) is 5.76. The molecule has 1 aliphatic heterocycles. The molecule has 0 spiro atoms. The molecule has 0 bridgehead atoms. The van der Waals surface area contributed by atoms with Crippen molar-refractivity contribution in [1.29, 1.82) is 0 Å². The van der Waals surface area contributed by atoms with Crippen LogP contribution in [0.5, 0.6) is 11.5 Å². The minimum atomic E-state index is 0.549. The third-order valence-electron chi connectivity index (χ3n) is 4.51. The summed E-state index contributed by atoms with van der Waals surface area (Å²) >= 11 is 0. The molecular formula is C21H27NO3. The summed E-state index contributed by atoms with van der Waals surface area (Å²) in [6, 6.07) is 16.4. The number of ether oxygens (including phenoxy) is 3. The highest BCUT2D eigenvalue weighted by molar-refractivity contribution is 5.30. The van der Waals surface area contributed by atoms with Gasteiger partial charge in [0.25, 0.3) is 0 Å². The standard InChI is InChI=1S/C21H27NO3/c1-23-21-6-2-4-19(16-21)17-25-20-9-7-18(8-10-20)5-3-11-22-12-14-24-15-13-22/h2,4,6-10,16H,3,5,11-15,17H2,1H3. The van der Waals surface area contributed by atoms with Gasteiger partial charge in [0, 0.05) is 13.1 Å². The average Bonchev–Trinajstić information content (AvgIpc) is 2.68. The van der Waals surface area contributed by atoms with E-state index in [1.54, 1.807) is 7.11 Å². The molecule has 0 radical (unpaired) electrons. The van der Waals surface area contributed by atoms with Crippen LogP contribution in [0.2, 0.25) is 0 Å². The van der Waals surface area contributed by atoms with Crippen molar-refractivity contribution >= 4 is 0 Å². The smallest absolute Gasteiger partial charge is 0.119 e. The van der Waals surface area contributed by atoms with Crippen molar-refractivity contribution in [2.45, 2.75) is 19.4 Å². The number of aryl methyl sites for hydroxylation is 1. The molecule has 2 aromatic rings. The van der Waals surface area contributed by atoms with Gasteiger partial charge < -0.3 is 14.2 Å². The van der Waals surface area contributed by atoms with E-state index < -0.39 is 0 Å². The van der Waals surface area contributed by atoms with E-state index in [0.717, 1.165) is 56.3 Å². The van der Waals surface area contributed by atoms with Crippen LogP contribution in [0.4, 0.5) is 0 Å². The molecule has 1 fully saturated rings. The Morgan fingerprint density at radius 2 is 1.76 bits per heavy atom. The van der Waals surface area contributed by atoms with Crippen LogP contribution < -0.4 is 9.47 Å².